The van der Waals surface area contributed by atoms with Gasteiger partial charge in [-0.05, 0) is 12.1 Å². The maximum absolute atomic E-state index is 12.0. The van der Waals surface area contributed by atoms with Gasteiger partial charge in [-0.1, -0.05) is 6.07 Å². The van der Waals surface area contributed by atoms with Crippen LogP contribution in [-0.2, 0) is 16.8 Å². The van der Waals surface area contributed by atoms with E-state index in [4.69, 9.17) is 0 Å². The molecule has 2 N–H and O–H groups in total. The van der Waals surface area contributed by atoms with E-state index in [1.807, 2.05) is 24.4 Å². The van der Waals surface area contributed by atoms with Crippen LogP contribution in [0.4, 0.5) is 4.79 Å². The third kappa shape index (κ3) is 4.40. The average molecular weight is 355 g/mol. The molecule has 0 saturated carbocycles. The molecule has 11 heteroatoms. The van der Waals surface area contributed by atoms with Gasteiger partial charge in [-0.25, -0.2) is 9.52 Å². The number of carbonyl (C=O) groups is 1. The van der Waals surface area contributed by atoms with Gasteiger partial charge in [-0.3, -0.25) is 4.40 Å². The highest BCUT2D eigenvalue weighted by molar-refractivity contribution is 7.87. The molecule has 2 aromatic heterocycles. The number of hydrogen-bond acceptors (Lipinski definition) is 5. The predicted molar refractivity (Wildman–Crippen MR) is 88.5 cm³/mol. The Balaban J connectivity index is 1.82. The van der Waals surface area contributed by atoms with Gasteiger partial charge in [0.25, 0.3) is 10.2 Å². The summed E-state index contributed by atoms with van der Waals surface area (Å²) in [4.78, 5) is 13.5. The lowest BCUT2D eigenvalue weighted by molar-refractivity contribution is 0.206. The van der Waals surface area contributed by atoms with Gasteiger partial charge in [-0.15, -0.1) is 10.2 Å². The third-order valence-corrected chi connectivity index (χ3v) is 4.81. The van der Waals surface area contributed by atoms with E-state index in [1.165, 1.54) is 19.0 Å². The molecular formula is C13H21N7O3S. The first-order valence-corrected chi connectivity index (χ1v) is 8.70. The van der Waals surface area contributed by atoms with Crippen molar-refractivity contribution in [1.82, 2.24) is 33.8 Å². The number of rotatable bonds is 7. The molecule has 0 aromatic carbocycles. The van der Waals surface area contributed by atoms with E-state index in [1.54, 1.807) is 11.4 Å². The Morgan fingerprint density at radius 3 is 2.67 bits per heavy atom. The summed E-state index contributed by atoms with van der Waals surface area (Å²) in [7, 11) is 1.000. The topological polar surface area (TPSA) is 112 Å². The summed E-state index contributed by atoms with van der Waals surface area (Å²) in [5, 5.41) is 10.7. The van der Waals surface area contributed by atoms with Crippen LogP contribution in [0, 0.1) is 0 Å². The Labute approximate surface area is 140 Å². The summed E-state index contributed by atoms with van der Waals surface area (Å²) in [6.07, 6.45) is 1.83. The molecule has 2 rings (SSSR count). The monoisotopic (exact) mass is 355 g/mol. The summed E-state index contributed by atoms with van der Waals surface area (Å²) < 4.78 is 28.3. The van der Waals surface area contributed by atoms with E-state index in [-0.39, 0.29) is 25.7 Å². The normalized spacial score (nSPS) is 11.8. The van der Waals surface area contributed by atoms with Gasteiger partial charge in [0.1, 0.15) is 0 Å². The highest BCUT2D eigenvalue weighted by atomic mass is 32.2. The number of hydrogen-bond donors (Lipinski definition) is 2. The first kappa shape index (κ1) is 18.1. The fourth-order valence-corrected chi connectivity index (χ4v) is 2.51. The number of carbonyl (C=O) groups excluding carboxylic acids is 1. The minimum absolute atomic E-state index is 0.105. The SMILES string of the molecule is CN(Cc1nnc2ccccn12)C(=O)NCCNS(=O)(=O)N(C)C. The molecule has 2 aromatic rings. The molecule has 0 aliphatic carbocycles. The van der Waals surface area contributed by atoms with Gasteiger partial charge in [0.2, 0.25) is 0 Å². The number of fused-ring (bicyclic) bond motifs is 1. The number of aromatic nitrogens is 3. The van der Waals surface area contributed by atoms with Crippen molar-refractivity contribution in [2.75, 3.05) is 34.2 Å². The smallest absolute Gasteiger partial charge is 0.317 e. The molecule has 0 spiro atoms. The summed E-state index contributed by atoms with van der Waals surface area (Å²) >= 11 is 0. The molecule has 132 valence electrons. The van der Waals surface area contributed by atoms with Gasteiger partial charge < -0.3 is 10.2 Å². The first-order valence-electron chi connectivity index (χ1n) is 7.26. The second-order valence-corrected chi connectivity index (χ2v) is 7.28. The Hall–Kier alpha value is -2.24. The van der Waals surface area contributed by atoms with E-state index in [9.17, 15) is 13.2 Å². The molecular weight excluding hydrogens is 334 g/mol. The Morgan fingerprint density at radius 1 is 1.21 bits per heavy atom. The fourth-order valence-electron chi connectivity index (χ4n) is 1.90. The molecule has 10 nitrogen and oxygen atoms in total. The molecule has 0 saturated heterocycles. The molecule has 0 fully saturated rings. The zero-order chi connectivity index (χ0) is 17.7. The molecule has 0 aliphatic heterocycles. The molecule has 2 amide bonds. The predicted octanol–water partition coefficient (Wildman–Crippen LogP) is -0.733. The highest BCUT2D eigenvalue weighted by Crippen LogP contribution is 2.05. The van der Waals surface area contributed by atoms with Crippen LogP contribution >= 0.6 is 0 Å². The number of nitrogens with one attached hydrogen (secondary N) is 2. The second kappa shape index (κ2) is 7.55. The summed E-state index contributed by atoms with van der Waals surface area (Å²) in [5.41, 5.74) is 0.708. The molecule has 24 heavy (non-hydrogen) atoms. The maximum atomic E-state index is 12.0. The molecule has 0 radical (unpaired) electrons. The summed E-state index contributed by atoms with van der Waals surface area (Å²) in [6.45, 7) is 0.561. The van der Waals surface area contributed by atoms with Crippen LogP contribution in [0.25, 0.3) is 5.65 Å². The standard InChI is InChI=1S/C13H21N7O3S/c1-18(2)24(22,23)15-8-7-14-13(21)19(3)10-12-17-16-11-6-4-5-9-20(11)12/h4-6,9,15H,7-8,10H2,1-3H3,(H,14,21). The van der Waals surface area contributed by atoms with Crippen LogP contribution in [0.15, 0.2) is 24.4 Å². The Bertz CT molecular complexity index is 803. The highest BCUT2D eigenvalue weighted by Gasteiger charge is 2.14. The molecule has 0 aliphatic rings. The van der Waals surface area contributed by atoms with Crippen LogP contribution in [-0.4, -0.2) is 72.5 Å². The van der Waals surface area contributed by atoms with Crippen LogP contribution in [0.5, 0.6) is 0 Å². The van der Waals surface area contributed by atoms with Gasteiger partial charge in [-0.2, -0.15) is 12.7 Å². The van der Waals surface area contributed by atoms with Crippen LogP contribution < -0.4 is 10.0 Å². The second-order valence-electron chi connectivity index (χ2n) is 5.31. The van der Waals surface area contributed by atoms with Crippen molar-refractivity contribution in [3.05, 3.63) is 30.2 Å². The van der Waals surface area contributed by atoms with Crippen LogP contribution in [0.3, 0.4) is 0 Å². The lowest BCUT2D eigenvalue weighted by Gasteiger charge is -2.17. The number of nitrogens with zero attached hydrogens (tertiary/aromatic N) is 5. The summed E-state index contributed by atoms with van der Waals surface area (Å²) in [6, 6.07) is 5.22. The fraction of sp³-hybridized carbons (Fsp3) is 0.462. The Kier molecular flexibility index (Phi) is 5.70. The molecule has 0 atom stereocenters. The minimum atomic E-state index is -3.48. The largest absolute Gasteiger partial charge is 0.337 e. The van der Waals surface area contributed by atoms with E-state index in [0.717, 1.165) is 4.31 Å². The van der Waals surface area contributed by atoms with Crippen molar-refractivity contribution >= 4 is 21.9 Å². The van der Waals surface area contributed by atoms with E-state index < -0.39 is 10.2 Å². The van der Waals surface area contributed by atoms with Gasteiger partial charge >= 0.3 is 6.03 Å². The first-order chi connectivity index (χ1) is 11.3. The third-order valence-electron chi connectivity index (χ3n) is 3.28. The van der Waals surface area contributed by atoms with Crippen molar-refractivity contribution < 1.29 is 13.2 Å². The zero-order valence-corrected chi connectivity index (χ0v) is 14.6. The lowest BCUT2D eigenvalue weighted by atomic mass is 10.4. The molecule has 0 unspecified atom stereocenters. The lowest BCUT2D eigenvalue weighted by Crippen LogP contribution is -2.43. The van der Waals surface area contributed by atoms with Crippen molar-refractivity contribution in [3.8, 4) is 0 Å². The maximum Gasteiger partial charge on any atom is 0.317 e. The van der Waals surface area contributed by atoms with Crippen molar-refractivity contribution in [2.24, 2.45) is 0 Å². The van der Waals surface area contributed by atoms with E-state index in [0.29, 0.717) is 11.5 Å². The van der Waals surface area contributed by atoms with E-state index in [2.05, 4.69) is 20.2 Å². The quantitative estimate of drug-likeness (QED) is 0.636. The van der Waals surface area contributed by atoms with Gasteiger partial charge in [0, 0.05) is 40.4 Å². The van der Waals surface area contributed by atoms with Crippen LogP contribution in [0.2, 0.25) is 0 Å². The zero-order valence-electron chi connectivity index (χ0n) is 13.8. The Morgan fingerprint density at radius 2 is 1.96 bits per heavy atom. The minimum Gasteiger partial charge on any atom is -0.337 e. The number of amides is 2. The average Bonchev–Trinajstić information content (AvgIpc) is 2.94. The van der Waals surface area contributed by atoms with Gasteiger partial charge in [0.15, 0.2) is 11.5 Å². The number of urea groups is 1. The summed E-state index contributed by atoms with van der Waals surface area (Å²) in [5.74, 6) is 0.636. The van der Waals surface area contributed by atoms with E-state index >= 15 is 0 Å². The van der Waals surface area contributed by atoms with Crippen LogP contribution in [0.1, 0.15) is 5.82 Å². The van der Waals surface area contributed by atoms with Crippen molar-refractivity contribution in [3.63, 3.8) is 0 Å². The molecule has 2 heterocycles. The van der Waals surface area contributed by atoms with Crippen molar-refractivity contribution in [2.45, 2.75) is 6.54 Å². The molecule has 0 bridgehead atoms. The van der Waals surface area contributed by atoms with Gasteiger partial charge in [0.05, 0.1) is 6.54 Å². The van der Waals surface area contributed by atoms with Crippen molar-refractivity contribution in [1.29, 1.82) is 0 Å². The number of pyridine rings is 1.